The molecule has 1 aliphatic heterocycles. The standard InChI is InChI=1S/C24H24N6O3/c1-15-9-22(31)28-21-4-3-18(11-19(15)21)27-24(32)20-10-16(17-13-26-29(2)14-17)12-25-23(20)30-5-7-33-8-6-30/h3-4,9-14H,5-8H2,1-2H3,(H,27,32)(H,28,31). The second kappa shape index (κ2) is 8.51. The van der Waals surface area contributed by atoms with E-state index < -0.39 is 0 Å². The number of anilines is 2. The molecule has 0 atom stereocenters. The number of fused-ring (bicyclic) bond motifs is 1. The zero-order valence-corrected chi connectivity index (χ0v) is 18.5. The molecule has 0 saturated carbocycles. The van der Waals surface area contributed by atoms with Crippen LogP contribution in [-0.4, -0.2) is 52.0 Å². The van der Waals surface area contributed by atoms with E-state index in [-0.39, 0.29) is 11.5 Å². The number of amides is 1. The van der Waals surface area contributed by atoms with E-state index in [0.717, 1.165) is 27.6 Å². The Morgan fingerprint density at radius 2 is 1.94 bits per heavy atom. The second-order valence-corrected chi connectivity index (χ2v) is 8.13. The third-order valence-corrected chi connectivity index (χ3v) is 5.77. The summed E-state index contributed by atoms with van der Waals surface area (Å²) in [5, 5.41) is 8.11. The third kappa shape index (κ3) is 4.22. The molecule has 9 heteroatoms. The summed E-state index contributed by atoms with van der Waals surface area (Å²) in [6, 6.07) is 8.85. The molecule has 4 heterocycles. The van der Waals surface area contributed by atoms with Crippen molar-refractivity contribution < 1.29 is 9.53 Å². The number of nitrogens with one attached hydrogen (secondary N) is 2. The summed E-state index contributed by atoms with van der Waals surface area (Å²) in [7, 11) is 1.85. The minimum Gasteiger partial charge on any atom is -0.378 e. The molecule has 0 unspecified atom stereocenters. The first-order chi connectivity index (χ1) is 16.0. The summed E-state index contributed by atoms with van der Waals surface area (Å²) < 4.78 is 7.18. The number of aromatic nitrogens is 4. The molecular weight excluding hydrogens is 420 g/mol. The van der Waals surface area contributed by atoms with Crippen molar-refractivity contribution in [1.29, 1.82) is 0 Å². The Morgan fingerprint density at radius 3 is 2.70 bits per heavy atom. The lowest BCUT2D eigenvalue weighted by atomic mass is 10.1. The number of nitrogens with zero attached hydrogens (tertiary/aromatic N) is 4. The number of aromatic amines is 1. The van der Waals surface area contributed by atoms with Crippen molar-refractivity contribution in [1.82, 2.24) is 19.7 Å². The van der Waals surface area contributed by atoms with Crippen molar-refractivity contribution in [2.24, 2.45) is 7.05 Å². The van der Waals surface area contributed by atoms with Gasteiger partial charge in [-0.3, -0.25) is 14.3 Å². The van der Waals surface area contributed by atoms with Crippen molar-refractivity contribution in [2.75, 3.05) is 36.5 Å². The topological polar surface area (TPSA) is 105 Å². The quantitative estimate of drug-likeness (QED) is 0.502. The summed E-state index contributed by atoms with van der Waals surface area (Å²) in [5.41, 5.74) is 4.26. The lowest BCUT2D eigenvalue weighted by molar-refractivity contribution is 0.102. The molecule has 1 aliphatic rings. The van der Waals surface area contributed by atoms with Crippen LogP contribution in [0, 0.1) is 6.92 Å². The van der Waals surface area contributed by atoms with Crippen molar-refractivity contribution in [3.05, 3.63) is 70.4 Å². The smallest absolute Gasteiger partial charge is 0.259 e. The van der Waals surface area contributed by atoms with Gasteiger partial charge in [-0.1, -0.05) is 0 Å². The van der Waals surface area contributed by atoms with Crippen LogP contribution in [0.5, 0.6) is 0 Å². The van der Waals surface area contributed by atoms with Crippen LogP contribution in [0.4, 0.5) is 11.5 Å². The van der Waals surface area contributed by atoms with Gasteiger partial charge in [0.15, 0.2) is 0 Å². The average Bonchev–Trinajstić information content (AvgIpc) is 3.26. The highest BCUT2D eigenvalue weighted by molar-refractivity contribution is 6.09. The lowest BCUT2D eigenvalue weighted by Gasteiger charge is -2.29. The van der Waals surface area contributed by atoms with Crippen molar-refractivity contribution >= 4 is 28.3 Å². The first-order valence-electron chi connectivity index (χ1n) is 10.7. The van der Waals surface area contributed by atoms with Gasteiger partial charge in [-0.25, -0.2) is 4.98 Å². The summed E-state index contributed by atoms with van der Waals surface area (Å²) in [6.45, 7) is 4.40. The minimum atomic E-state index is -0.254. The monoisotopic (exact) mass is 444 g/mol. The molecular formula is C24H24N6O3. The first kappa shape index (κ1) is 20.9. The molecule has 1 fully saturated rings. The van der Waals surface area contributed by atoms with E-state index in [4.69, 9.17) is 4.74 Å². The molecule has 0 radical (unpaired) electrons. The van der Waals surface area contributed by atoms with E-state index in [9.17, 15) is 9.59 Å². The first-order valence-corrected chi connectivity index (χ1v) is 10.7. The van der Waals surface area contributed by atoms with Crippen LogP contribution in [0.1, 0.15) is 15.9 Å². The molecule has 168 valence electrons. The molecule has 1 amide bonds. The predicted octanol–water partition coefficient (Wildman–Crippen LogP) is 2.72. The SMILES string of the molecule is Cc1cc(=O)[nH]c2ccc(NC(=O)c3cc(-c4cnn(C)c4)cnc3N3CCOCC3)cc12. The number of morpholine rings is 1. The van der Waals surface area contributed by atoms with Gasteiger partial charge in [-0.05, 0) is 36.8 Å². The van der Waals surface area contributed by atoms with E-state index in [0.29, 0.717) is 43.4 Å². The van der Waals surface area contributed by atoms with Crippen LogP contribution < -0.4 is 15.8 Å². The number of rotatable bonds is 4. The highest BCUT2D eigenvalue weighted by Gasteiger charge is 2.22. The number of pyridine rings is 2. The number of hydrogen-bond donors (Lipinski definition) is 2. The van der Waals surface area contributed by atoms with Crippen molar-refractivity contribution in [2.45, 2.75) is 6.92 Å². The van der Waals surface area contributed by atoms with E-state index in [1.54, 1.807) is 35.3 Å². The van der Waals surface area contributed by atoms with Gasteiger partial charge in [-0.15, -0.1) is 0 Å². The van der Waals surface area contributed by atoms with Crippen LogP contribution in [0.25, 0.3) is 22.0 Å². The molecule has 1 saturated heterocycles. The Morgan fingerprint density at radius 1 is 1.12 bits per heavy atom. The number of H-pyrrole nitrogens is 1. The normalized spacial score (nSPS) is 13.9. The van der Waals surface area contributed by atoms with Gasteiger partial charge in [0.1, 0.15) is 5.82 Å². The Kier molecular flexibility index (Phi) is 5.39. The highest BCUT2D eigenvalue weighted by Crippen LogP contribution is 2.27. The van der Waals surface area contributed by atoms with E-state index in [1.165, 1.54) is 0 Å². The summed E-state index contributed by atoms with van der Waals surface area (Å²) in [6.07, 6.45) is 5.41. The van der Waals surface area contributed by atoms with Gasteiger partial charge in [0.2, 0.25) is 5.56 Å². The molecule has 33 heavy (non-hydrogen) atoms. The van der Waals surface area contributed by atoms with Crippen LogP contribution in [0.3, 0.4) is 0 Å². The number of aryl methyl sites for hydroxylation is 2. The summed E-state index contributed by atoms with van der Waals surface area (Å²) in [4.78, 5) is 34.7. The van der Waals surface area contributed by atoms with Crippen LogP contribution >= 0.6 is 0 Å². The number of carbonyl (C=O) groups excluding carboxylic acids is 1. The molecule has 3 aromatic heterocycles. The Balaban J connectivity index is 1.52. The maximum absolute atomic E-state index is 13.5. The zero-order valence-electron chi connectivity index (χ0n) is 18.5. The van der Waals surface area contributed by atoms with Gasteiger partial charge in [0.05, 0.1) is 25.0 Å². The van der Waals surface area contributed by atoms with Crippen LogP contribution in [0.2, 0.25) is 0 Å². The summed E-state index contributed by atoms with van der Waals surface area (Å²) >= 11 is 0. The van der Waals surface area contributed by atoms with Crippen LogP contribution in [-0.2, 0) is 11.8 Å². The number of hydrogen-bond acceptors (Lipinski definition) is 6. The molecule has 0 bridgehead atoms. The largest absolute Gasteiger partial charge is 0.378 e. The van der Waals surface area contributed by atoms with Gasteiger partial charge in [0, 0.05) is 66.3 Å². The fraction of sp³-hybridized carbons (Fsp3) is 0.250. The van der Waals surface area contributed by atoms with Crippen molar-refractivity contribution in [3.63, 3.8) is 0 Å². The molecule has 5 rings (SSSR count). The number of ether oxygens (including phenoxy) is 1. The highest BCUT2D eigenvalue weighted by atomic mass is 16.5. The van der Waals surface area contributed by atoms with Gasteiger partial charge in [0.25, 0.3) is 5.91 Å². The van der Waals surface area contributed by atoms with E-state index in [2.05, 4.69) is 25.3 Å². The lowest BCUT2D eigenvalue weighted by Crippen LogP contribution is -2.38. The molecule has 1 aromatic carbocycles. The Labute approximate surface area is 190 Å². The van der Waals surface area contributed by atoms with E-state index in [1.807, 2.05) is 32.3 Å². The molecule has 4 aromatic rings. The number of carbonyl (C=O) groups is 1. The maximum atomic E-state index is 13.5. The Bertz CT molecular complexity index is 1400. The minimum absolute atomic E-state index is 0.148. The zero-order chi connectivity index (χ0) is 22.9. The van der Waals surface area contributed by atoms with Gasteiger partial charge >= 0.3 is 0 Å². The Hall–Kier alpha value is -3.98. The maximum Gasteiger partial charge on any atom is 0.259 e. The molecule has 2 N–H and O–H groups in total. The molecule has 9 nitrogen and oxygen atoms in total. The van der Waals surface area contributed by atoms with E-state index >= 15 is 0 Å². The molecule has 0 aliphatic carbocycles. The van der Waals surface area contributed by atoms with Gasteiger partial charge in [-0.2, -0.15) is 5.10 Å². The molecule has 0 spiro atoms. The average molecular weight is 444 g/mol. The predicted molar refractivity (Wildman–Crippen MR) is 127 cm³/mol. The number of benzene rings is 1. The van der Waals surface area contributed by atoms with Crippen LogP contribution in [0.15, 0.2) is 53.7 Å². The second-order valence-electron chi connectivity index (χ2n) is 8.13. The van der Waals surface area contributed by atoms with Crippen molar-refractivity contribution in [3.8, 4) is 11.1 Å². The fourth-order valence-corrected chi connectivity index (χ4v) is 4.08. The van der Waals surface area contributed by atoms with Gasteiger partial charge < -0.3 is 19.9 Å². The fourth-order valence-electron chi connectivity index (χ4n) is 4.08. The summed E-state index contributed by atoms with van der Waals surface area (Å²) in [5.74, 6) is 0.376. The third-order valence-electron chi connectivity index (χ3n) is 5.77.